The molecule has 0 radical (unpaired) electrons. The van der Waals surface area contributed by atoms with E-state index in [1.54, 1.807) is 6.07 Å². The van der Waals surface area contributed by atoms with Gasteiger partial charge < -0.3 is 9.32 Å². The lowest BCUT2D eigenvalue weighted by Gasteiger charge is -2.26. The summed E-state index contributed by atoms with van der Waals surface area (Å²) in [4.78, 5) is 27.8. The van der Waals surface area contributed by atoms with Gasteiger partial charge in [-0.25, -0.2) is 4.79 Å². The number of oxazole rings is 1. The number of hydrogen-bond donors (Lipinski definition) is 1. The fourth-order valence-electron chi connectivity index (χ4n) is 2.71. The van der Waals surface area contributed by atoms with Gasteiger partial charge in [-0.2, -0.15) is 0 Å². The largest absolute Gasteiger partial charge is 0.417 e. The number of nitrogens with one attached hydrogen (secondary N) is 1. The number of likely N-dealkylation sites (tertiary alicyclic amines) is 1. The SMILES string of the molecule is O=C(CCc1ccc2oc(=O)[nH]c2c1)N1CCCCC1. The minimum atomic E-state index is -0.443. The van der Waals surface area contributed by atoms with E-state index < -0.39 is 5.76 Å². The molecule has 2 aromatic rings. The standard InChI is InChI=1S/C15H18N2O3/c18-14(17-8-2-1-3-9-17)7-5-11-4-6-13-12(10-11)16-15(19)20-13/h4,6,10H,1-3,5,7-9H2,(H,16,19). The molecule has 5 nitrogen and oxygen atoms in total. The number of carbonyl (C=O) groups is 1. The van der Waals surface area contributed by atoms with Crippen molar-refractivity contribution in [1.82, 2.24) is 9.88 Å². The first-order valence-corrected chi connectivity index (χ1v) is 7.12. The van der Waals surface area contributed by atoms with Crippen LogP contribution in [0.25, 0.3) is 11.1 Å². The van der Waals surface area contributed by atoms with Crippen molar-refractivity contribution in [2.75, 3.05) is 13.1 Å². The van der Waals surface area contributed by atoms with Crippen LogP contribution in [0.4, 0.5) is 0 Å². The summed E-state index contributed by atoms with van der Waals surface area (Å²) in [5.41, 5.74) is 2.29. The molecule has 1 N–H and O–H groups in total. The molecule has 5 heteroatoms. The average molecular weight is 274 g/mol. The molecular weight excluding hydrogens is 256 g/mol. The smallest absolute Gasteiger partial charge is 0.408 e. The normalized spacial score (nSPS) is 15.7. The number of rotatable bonds is 3. The van der Waals surface area contributed by atoms with Gasteiger partial charge in [0.15, 0.2) is 5.58 Å². The van der Waals surface area contributed by atoms with Gasteiger partial charge in [-0.15, -0.1) is 0 Å². The third-order valence-corrected chi connectivity index (χ3v) is 3.82. The lowest BCUT2D eigenvalue weighted by atomic mass is 10.1. The fourth-order valence-corrected chi connectivity index (χ4v) is 2.71. The number of amides is 1. The van der Waals surface area contributed by atoms with Crippen molar-refractivity contribution in [2.24, 2.45) is 0 Å². The molecular formula is C15H18N2O3. The number of aryl methyl sites for hydroxylation is 1. The van der Waals surface area contributed by atoms with E-state index >= 15 is 0 Å². The highest BCUT2D eigenvalue weighted by atomic mass is 16.4. The van der Waals surface area contributed by atoms with Crippen molar-refractivity contribution in [1.29, 1.82) is 0 Å². The number of H-pyrrole nitrogens is 1. The molecule has 1 amide bonds. The van der Waals surface area contributed by atoms with E-state index in [1.165, 1.54) is 6.42 Å². The van der Waals surface area contributed by atoms with Crippen LogP contribution >= 0.6 is 0 Å². The average Bonchev–Trinajstić information content (AvgIpc) is 2.85. The Kier molecular flexibility index (Phi) is 3.58. The molecule has 0 unspecified atom stereocenters. The van der Waals surface area contributed by atoms with Gasteiger partial charge in [0.1, 0.15) is 0 Å². The van der Waals surface area contributed by atoms with E-state index in [9.17, 15) is 9.59 Å². The summed E-state index contributed by atoms with van der Waals surface area (Å²) >= 11 is 0. The Morgan fingerprint density at radius 3 is 2.85 bits per heavy atom. The number of aromatic nitrogens is 1. The van der Waals surface area contributed by atoms with E-state index in [2.05, 4.69) is 4.98 Å². The molecule has 1 aromatic heterocycles. The molecule has 20 heavy (non-hydrogen) atoms. The Hall–Kier alpha value is -2.04. The Balaban J connectivity index is 1.64. The first-order chi connectivity index (χ1) is 9.72. The number of aromatic amines is 1. The Bertz CT molecular complexity index is 665. The van der Waals surface area contributed by atoms with Gasteiger partial charge >= 0.3 is 5.76 Å². The summed E-state index contributed by atoms with van der Waals surface area (Å²) in [7, 11) is 0. The Morgan fingerprint density at radius 2 is 2.05 bits per heavy atom. The first kappa shape index (κ1) is 13.0. The van der Waals surface area contributed by atoms with E-state index in [0.717, 1.165) is 31.5 Å². The first-order valence-electron chi connectivity index (χ1n) is 7.12. The van der Waals surface area contributed by atoms with Gasteiger partial charge in [-0.3, -0.25) is 9.78 Å². The highest BCUT2D eigenvalue weighted by Gasteiger charge is 2.16. The molecule has 2 heterocycles. The van der Waals surface area contributed by atoms with Crippen LogP contribution in [0.3, 0.4) is 0 Å². The third-order valence-electron chi connectivity index (χ3n) is 3.82. The van der Waals surface area contributed by atoms with Gasteiger partial charge in [0, 0.05) is 19.5 Å². The van der Waals surface area contributed by atoms with Crippen LogP contribution in [0.2, 0.25) is 0 Å². The topological polar surface area (TPSA) is 66.3 Å². The van der Waals surface area contributed by atoms with Crippen LogP contribution in [0.5, 0.6) is 0 Å². The molecule has 1 aromatic carbocycles. The second kappa shape index (κ2) is 5.53. The molecule has 106 valence electrons. The maximum atomic E-state index is 12.1. The molecule has 1 saturated heterocycles. The minimum Gasteiger partial charge on any atom is -0.408 e. The van der Waals surface area contributed by atoms with Crippen molar-refractivity contribution in [2.45, 2.75) is 32.1 Å². The molecule has 1 aliphatic rings. The summed E-state index contributed by atoms with van der Waals surface area (Å²) < 4.78 is 4.96. The summed E-state index contributed by atoms with van der Waals surface area (Å²) in [6.45, 7) is 1.79. The highest BCUT2D eigenvalue weighted by molar-refractivity contribution is 5.77. The predicted molar refractivity (Wildman–Crippen MR) is 75.6 cm³/mol. The van der Waals surface area contributed by atoms with Crippen molar-refractivity contribution in [3.63, 3.8) is 0 Å². The van der Waals surface area contributed by atoms with Crippen LogP contribution in [-0.2, 0) is 11.2 Å². The summed E-state index contributed by atoms with van der Waals surface area (Å²) in [6, 6.07) is 5.56. The predicted octanol–water partition coefficient (Wildman–Crippen LogP) is 2.07. The van der Waals surface area contributed by atoms with Crippen LogP contribution in [0.1, 0.15) is 31.2 Å². The lowest BCUT2D eigenvalue weighted by Crippen LogP contribution is -2.35. The molecule has 0 atom stereocenters. The second-order valence-electron chi connectivity index (χ2n) is 5.29. The molecule has 3 rings (SSSR count). The van der Waals surface area contributed by atoms with Crippen molar-refractivity contribution >= 4 is 17.0 Å². The quantitative estimate of drug-likeness (QED) is 0.931. The summed E-state index contributed by atoms with van der Waals surface area (Å²) in [5.74, 6) is -0.216. The van der Waals surface area contributed by atoms with Crippen LogP contribution in [-0.4, -0.2) is 28.9 Å². The lowest BCUT2D eigenvalue weighted by molar-refractivity contribution is -0.132. The van der Waals surface area contributed by atoms with Gasteiger partial charge in [0.05, 0.1) is 5.52 Å². The molecule has 1 aliphatic heterocycles. The molecule has 0 bridgehead atoms. The van der Waals surface area contributed by atoms with Crippen LogP contribution < -0.4 is 5.76 Å². The Labute approximate surface area is 116 Å². The maximum Gasteiger partial charge on any atom is 0.417 e. The molecule has 0 aliphatic carbocycles. The van der Waals surface area contributed by atoms with E-state index in [0.29, 0.717) is 23.9 Å². The van der Waals surface area contributed by atoms with Crippen LogP contribution in [0, 0.1) is 0 Å². The highest BCUT2D eigenvalue weighted by Crippen LogP contribution is 2.15. The number of hydrogen-bond acceptors (Lipinski definition) is 3. The van der Waals surface area contributed by atoms with Crippen molar-refractivity contribution < 1.29 is 9.21 Å². The number of nitrogens with zero attached hydrogens (tertiary/aromatic N) is 1. The summed E-state index contributed by atoms with van der Waals surface area (Å²) in [5, 5.41) is 0. The zero-order valence-electron chi connectivity index (χ0n) is 11.4. The number of carbonyl (C=O) groups excluding carboxylic acids is 1. The molecule has 0 spiro atoms. The van der Waals surface area contributed by atoms with E-state index in [-0.39, 0.29) is 5.91 Å². The van der Waals surface area contributed by atoms with Gasteiger partial charge in [-0.05, 0) is 43.4 Å². The fraction of sp³-hybridized carbons (Fsp3) is 0.467. The second-order valence-corrected chi connectivity index (χ2v) is 5.29. The monoisotopic (exact) mass is 274 g/mol. The minimum absolute atomic E-state index is 0.227. The Morgan fingerprint density at radius 1 is 1.25 bits per heavy atom. The maximum absolute atomic E-state index is 12.1. The van der Waals surface area contributed by atoms with Crippen molar-refractivity contribution in [3.8, 4) is 0 Å². The van der Waals surface area contributed by atoms with Gasteiger partial charge in [0.2, 0.25) is 5.91 Å². The zero-order valence-corrected chi connectivity index (χ0v) is 11.4. The van der Waals surface area contributed by atoms with Gasteiger partial charge in [-0.1, -0.05) is 6.07 Å². The number of benzene rings is 1. The van der Waals surface area contributed by atoms with Crippen LogP contribution in [0.15, 0.2) is 27.4 Å². The van der Waals surface area contributed by atoms with Crippen molar-refractivity contribution in [3.05, 3.63) is 34.3 Å². The number of fused-ring (bicyclic) bond motifs is 1. The van der Waals surface area contributed by atoms with E-state index in [4.69, 9.17) is 4.42 Å². The summed E-state index contributed by atoms with van der Waals surface area (Å²) in [6.07, 6.45) is 4.68. The van der Waals surface area contributed by atoms with E-state index in [1.807, 2.05) is 17.0 Å². The van der Waals surface area contributed by atoms with Gasteiger partial charge in [0.25, 0.3) is 0 Å². The molecule has 0 saturated carbocycles. The number of piperidine rings is 1. The third kappa shape index (κ3) is 2.76. The molecule has 1 fully saturated rings. The zero-order chi connectivity index (χ0) is 13.9.